The predicted molar refractivity (Wildman–Crippen MR) is 102 cm³/mol. The van der Waals surface area contributed by atoms with E-state index in [0.29, 0.717) is 29.7 Å². The maximum atomic E-state index is 11.9. The fraction of sp³-hybridized carbons (Fsp3) is 0.211. The highest BCUT2D eigenvalue weighted by molar-refractivity contribution is 7.13. The summed E-state index contributed by atoms with van der Waals surface area (Å²) in [6, 6.07) is 12.7. The number of hydrogen-bond acceptors (Lipinski definition) is 8. The molecule has 0 fully saturated rings. The first-order valence-corrected chi connectivity index (χ1v) is 9.45. The van der Waals surface area contributed by atoms with Crippen molar-refractivity contribution >= 4 is 17.2 Å². The molecule has 0 saturated carbocycles. The van der Waals surface area contributed by atoms with Crippen molar-refractivity contribution in [2.24, 2.45) is 0 Å². The second-order valence-electron chi connectivity index (χ2n) is 5.74. The summed E-state index contributed by atoms with van der Waals surface area (Å²) in [4.78, 5) is 12.9. The van der Waals surface area contributed by atoms with Crippen molar-refractivity contribution in [1.82, 2.24) is 15.5 Å². The zero-order chi connectivity index (χ0) is 19.2. The third-order valence-electron chi connectivity index (χ3n) is 3.80. The van der Waals surface area contributed by atoms with Crippen molar-refractivity contribution < 1.29 is 23.7 Å². The van der Waals surface area contributed by atoms with Crippen molar-refractivity contribution in [3.8, 4) is 33.7 Å². The van der Waals surface area contributed by atoms with E-state index in [2.05, 4.69) is 15.5 Å². The largest absolute Gasteiger partial charge is 0.484 e. The first kappa shape index (κ1) is 18.1. The van der Waals surface area contributed by atoms with Crippen molar-refractivity contribution in [1.29, 1.82) is 0 Å². The summed E-state index contributed by atoms with van der Waals surface area (Å²) in [7, 11) is 0. The summed E-state index contributed by atoms with van der Waals surface area (Å²) in [6.07, 6.45) is 0. The molecule has 0 aliphatic carbocycles. The Morgan fingerprint density at radius 2 is 2.04 bits per heavy atom. The van der Waals surface area contributed by atoms with E-state index in [1.165, 1.54) is 0 Å². The average molecular weight is 399 g/mol. The van der Waals surface area contributed by atoms with Crippen molar-refractivity contribution in [3.63, 3.8) is 0 Å². The first-order chi connectivity index (χ1) is 13.8. The van der Waals surface area contributed by atoms with Crippen LogP contribution >= 0.6 is 11.3 Å². The van der Waals surface area contributed by atoms with Crippen LogP contribution in [0, 0.1) is 0 Å². The molecule has 1 aliphatic rings. The molecule has 9 heteroatoms. The molecule has 0 unspecified atom stereocenters. The predicted octanol–water partition coefficient (Wildman–Crippen LogP) is 2.51. The number of thiophene rings is 1. The number of ether oxygens (including phenoxy) is 4. The highest BCUT2D eigenvalue weighted by Gasteiger charge is 2.14. The van der Waals surface area contributed by atoms with Crippen LogP contribution < -0.4 is 24.3 Å². The third-order valence-corrected chi connectivity index (χ3v) is 4.69. The minimum absolute atomic E-state index is 0.102. The lowest BCUT2D eigenvalue weighted by Gasteiger charge is -2.09. The standard InChI is InChI=1S/C19H17N3O5S/c23-18(11-25-13-3-5-15-16(10-13)27-12-26-15)20-7-8-24-19-6-4-14(21-22-19)17-2-1-9-28-17/h1-6,9-10H,7-8,11-12H2,(H,20,23). The monoisotopic (exact) mass is 399 g/mol. The number of nitrogens with one attached hydrogen (secondary N) is 1. The van der Waals surface area contributed by atoms with Crippen LogP contribution in [-0.2, 0) is 4.79 Å². The number of amides is 1. The van der Waals surface area contributed by atoms with Crippen LogP contribution in [0.15, 0.2) is 47.8 Å². The van der Waals surface area contributed by atoms with Crippen molar-refractivity contribution in [3.05, 3.63) is 47.8 Å². The number of carbonyl (C=O) groups is 1. The average Bonchev–Trinajstić information content (AvgIpc) is 3.41. The second-order valence-corrected chi connectivity index (χ2v) is 6.68. The summed E-state index contributed by atoms with van der Waals surface area (Å²) < 4.78 is 21.4. The molecule has 0 atom stereocenters. The van der Waals surface area contributed by atoms with Crippen LogP contribution in [0.25, 0.3) is 10.6 Å². The molecule has 1 aliphatic heterocycles. The van der Waals surface area contributed by atoms with Crippen molar-refractivity contribution in [2.45, 2.75) is 0 Å². The lowest BCUT2D eigenvalue weighted by atomic mass is 10.3. The van der Waals surface area contributed by atoms with Gasteiger partial charge in [-0.05, 0) is 29.6 Å². The highest BCUT2D eigenvalue weighted by Crippen LogP contribution is 2.35. The summed E-state index contributed by atoms with van der Waals surface area (Å²) in [5, 5.41) is 12.9. The first-order valence-electron chi connectivity index (χ1n) is 8.57. The van der Waals surface area contributed by atoms with Crippen molar-refractivity contribution in [2.75, 3.05) is 26.6 Å². The highest BCUT2D eigenvalue weighted by atomic mass is 32.1. The zero-order valence-electron chi connectivity index (χ0n) is 14.8. The number of rotatable bonds is 8. The molecular weight excluding hydrogens is 382 g/mol. The minimum Gasteiger partial charge on any atom is -0.484 e. The summed E-state index contributed by atoms with van der Waals surface area (Å²) in [6.45, 7) is 0.704. The van der Waals surface area contributed by atoms with Gasteiger partial charge >= 0.3 is 0 Å². The van der Waals surface area contributed by atoms with E-state index >= 15 is 0 Å². The quantitative estimate of drug-likeness (QED) is 0.582. The molecular formula is C19H17N3O5S. The van der Waals surface area contributed by atoms with Gasteiger partial charge in [-0.1, -0.05) is 6.07 Å². The Kier molecular flexibility index (Phi) is 5.53. The number of nitrogens with zero attached hydrogens (tertiary/aromatic N) is 2. The van der Waals surface area contributed by atoms with E-state index < -0.39 is 0 Å². The molecule has 0 bridgehead atoms. The lowest BCUT2D eigenvalue weighted by molar-refractivity contribution is -0.123. The zero-order valence-corrected chi connectivity index (χ0v) is 15.6. The molecule has 1 amide bonds. The smallest absolute Gasteiger partial charge is 0.258 e. The molecule has 2 aromatic heterocycles. The van der Waals surface area contributed by atoms with E-state index in [-0.39, 0.29) is 25.9 Å². The van der Waals surface area contributed by atoms with Gasteiger partial charge in [-0.2, -0.15) is 0 Å². The minimum atomic E-state index is -0.250. The fourth-order valence-corrected chi connectivity index (χ4v) is 3.16. The van der Waals surface area contributed by atoms with E-state index in [1.807, 2.05) is 23.6 Å². The second kappa shape index (κ2) is 8.57. The van der Waals surface area contributed by atoms with Gasteiger partial charge in [0.15, 0.2) is 18.1 Å². The van der Waals surface area contributed by atoms with Gasteiger partial charge in [0, 0.05) is 12.1 Å². The van der Waals surface area contributed by atoms with E-state index in [4.69, 9.17) is 18.9 Å². The molecule has 4 rings (SSSR count). The van der Waals surface area contributed by atoms with E-state index in [1.54, 1.807) is 35.6 Å². The molecule has 3 heterocycles. The fourth-order valence-electron chi connectivity index (χ4n) is 2.47. The molecule has 3 aromatic rings. The van der Waals surface area contributed by atoms with Crippen LogP contribution in [0.2, 0.25) is 0 Å². The van der Waals surface area contributed by atoms with Gasteiger partial charge in [0.25, 0.3) is 5.91 Å². The van der Waals surface area contributed by atoms with Crippen LogP contribution in [0.5, 0.6) is 23.1 Å². The molecule has 0 radical (unpaired) electrons. The SMILES string of the molecule is O=C(COc1ccc2c(c1)OCO2)NCCOc1ccc(-c2cccs2)nn1. The summed E-state index contributed by atoms with van der Waals surface area (Å²) in [5.41, 5.74) is 0.802. The van der Waals surface area contributed by atoms with Gasteiger partial charge in [-0.3, -0.25) is 4.79 Å². The topological polar surface area (TPSA) is 91.8 Å². The summed E-state index contributed by atoms with van der Waals surface area (Å²) >= 11 is 1.60. The third kappa shape index (κ3) is 4.49. The van der Waals surface area contributed by atoms with Gasteiger partial charge in [-0.25, -0.2) is 0 Å². The molecule has 1 N–H and O–H groups in total. The Hall–Kier alpha value is -3.33. The molecule has 144 valence electrons. The van der Waals surface area contributed by atoms with Gasteiger partial charge in [0.2, 0.25) is 12.7 Å². The Labute approximate surface area is 165 Å². The van der Waals surface area contributed by atoms with E-state index in [9.17, 15) is 4.79 Å². The Bertz CT molecular complexity index is 931. The van der Waals surface area contributed by atoms with Crippen LogP contribution in [0.3, 0.4) is 0 Å². The molecule has 0 saturated heterocycles. The Morgan fingerprint density at radius 1 is 1.11 bits per heavy atom. The van der Waals surface area contributed by atoms with Gasteiger partial charge in [0.05, 0.1) is 11.4 Å². The van der Waals surface area contributed by atoms with Gasteiger partial charge < -0.3 is 24.3 Å². The number of aromatic nitrogens is 2. The molecule has 1 aromatic carbocycles. The normalized spacial score (nSPS) is 11.9. The number of benzene rings is 1. The molecule has 8 nitrogen and oxygen atoms in total. The molecule has 0 spiro atoms. The Morgan fingerprint density at radius 3 is 2.86 bits per heavy atom. The Balaban J connectivity index is 1.15. The van der Waals surface area contributed by atoms with Crippen LogP contribution in [-0.4, -0.2) is 42.7 Å². The number of fused-ring (bicyclic) bond motifs is 1. The van der Waals surface area contributed by atoms with E-state index in [0.717, 1.165) is 10.6 Å². The maximum absolute atomic E-state index is 11.9. The van der Waals surface area contributed by atoms with Gasteiger partial charge in [0.1, 0.15) is 18.1 Å². The summed E-state index contributed by atoms with van der Waals surface area (Å²) in [5.74, 6) is 1.97. The maximum Gasteiger partial charge on any atom is 0.258 e. The number of carbonyl (C=O) groups excluding carboxylic acids is 1. The lowest BCUT2D eigenvalue weighted by Crippen LogP contribution is -2.32. The number of hydrogen-bond donors (Lipinski definition) is 1. The van der Waals surface area contributed by atoms with Crippen LogP contribution in [0.4, 0.5) is 0 Å². The van der Waals surface area contributed by atoms with Gasteiger partial charge in [-0.15, -0.1) is 21.5 Å². The van der Waals surface area contributed by atoms with Crippen LogP contribution in [0.1, 0.15) is 0 Å². The molecule has 28 heavy (non-hydrogen) atoms.